The van der Waals surface area contributed by atoms with Crippen LogP contribution in [0.3, 0.4) is 0 Å². The number of nitrogens with two attached hydrogens (primary N) is 1. The van der Waals surface area contributed by atoms with Crippen molar-refractivity contribution in [3.05, 3.63) is 17.1 Å². The van der Waals surface area contributed by atoms with Gasteiger partial charge >= 0.3 is 0 Å². The van der Waals surface area contributed by atoms with E-state index in [0.29, 0.717) is 19.0 Å². The van der Waals surface area contributed by atoms with E-state index in [1.807, 2.05) is 0 Å². The van der Waals surface area contributed by atoms with Gasteiger partial charge in [0.15, 0.2) is 5.82 Å². The van der Waals surface area contributed by atoms with Gasteiger partial charge in [0, 0.05) is 32.3 Å². The summed E-state index contributed by atoms with van der Waals surface area (Å²) in [5, 5.41) is 2.72. The molecule has 0 unspecified atom stereocenters. The first-order valence-corrected chi connectivity index (χ1v) is 9.08. The van der Waals surface area contributed by atoms with Gasteiger partial charge in [0.2, 0.25) is 6.41 Å². The molecule has 0 atom stereocenters. The van der Waals surface area contributed by atoms with Gasteiger partial charge in [-0.05, 0) is 44.1 Å². The third-order valence-electron chi connectivity index (χ3n) is 4.84. The maximum Gasteiger partial charge on any atom is 0.207 e. The number of nitrogens with one attached hydrogen (secondary N) is 1. The molecular formula is C18H27N5O2. The summed E-state index contributed by atoms with van der Waals surface area (Å²) >= 11 is 0. The summed E-state index contributed by atoms with van der Waals surface area (Å²) in [6, 6.07) is 0. The highest BCUT2D eigenvalue weighted by Gasteiger charge is 2.22. The van der Waals surface area contributed by atoms with E-state index < -0.39 is 0 Å². The summed E-state index contributed by atoms with van der Waals surface area (Å²) in [6.45, 7) is 2.20. The lowest BCUT2D eigenvalue weighted by Crippen LogP contribution is -2.14. The molecule has 136 valence electrons. The number of methoxy groups -OCH3 is 1. The van der Waals surface area contributed by atoms with Crippen LogP contribution in [-0.2, 0) is 35.3 Å². The van der Waals surface area contributed by atoms with Gasteiger partial charge < -0.3 is 20.4 Å². The number of aromatic nitrogens is 3. The monoisotopic (exact) mass is 345 g/mol. The van der Waals surface area contributed by atoms with Crippen LogP contribution in [0.15, 0.2) is 0 Å². The van der Waals surface area contributed by atoms with Crippen LogP contribution >= 0.6 is 0 Å². The number of carbonyl (C=O) groups excluding carboxylic acids is 1. The van der Waals surface area contributed by atoms with Crippen LogP contribution in [0.5, 0.6) is 0 Å². The fourth-order valence-electron chi connectivity index (χ4n) is 3.63. The molecule has 7 heteroatoms. The minimum Gasteiger partial charge on any atom is -0.384 e. The van der Waals surface area contributed by atoms with E-state index in [1.54, 1.807) is 7.11 Å². The van der Waals surface area contributed by atoms with Crippen LogP contribution in [0.1, 0.15) is 42.8 Å². The van der Waals surface area contributed by atoms with Crippen molar-refractivity contribution in [1.29, 1.82) is 0 Å². The first kappa shape index (κ1) is 17.7. The molecule has 1 aliphatic rings. The van der Waals surface area contributed by atoms with Crippen LogP contribution in [0.25, 0.3) is 11.0 Å². The molecule has 2 aromatic rings. The van der Waals surface area contributed by atoms with Gasteiger partial charge in [-0.1, -0.05) is 0 Å². The number of nitrogens with zero attached hydrogens (tertiary/aromatic N) is 3. The van der Waals surface area contributed by atoms with Crippen LogP contribution < -0.4 is 11.1 Å². The third-order valence-corrected chi connectivity index (χ3v) is 4.84. The lowest BCUT2D eigenvalue weighted by Gasteiger charge is -2.18. The largest absolute Gasteiger partial charge is 0.384 e. The molecule has 3 N–H and O–H groups in total. The Bertz CT molecular complexity index is 741. The van der Waals surface area contributed by atoms with Gasteiger partial charge in [0.05, 0.1) is 12.1 Å². The zero-order chi connectivity index (χ0) is 17.6. The van der Waals surface area contributed by atoms with Crippen LogP contribution in [-0.4, -0.2) is 41.2 Å². The molecule has 2 heterocycles. The molecule has 25 heavy (non-hydrogen) atoms. The maximum absolute atomic E-state index is 10.4. The van der Waals surface area contributed by atoms with Gasteiger partial charge in [-0.2, -0.15) is 0 Å². The van der Waals surface area contributed by atoms with E-state index in [9.17, 15) is 4.79 Å². The summed E-state index contributed by atoms with van der Waals surface area (Å²) < 4.78 is 7.55. The number of ether oxygens (including phenoxy) is 1. The lowest BCUT2D eigenvalue weighted by molar-refractivity contribution is -0.109. The molecule has 3 rings (SSSR count). The molecule has 1 amide bonds. The highest BCUT2D eigenvalue weighted by molar-refractivity contribution is 5.89. The van der Waals surface area contributed by atoms with Crippen molar-refractivity contribution in [2.24, 2.45) is 0 Å². The summed E-state index contributed by atoms with van der Waals surface area (Å²) in [4.78, 5) is 19.8. The maximum atomic E-state index is 10.4. The lowest BCUT2D eigenvalue weighted by atomic mass is 9.95. The van der Waals surface area contributed by atoms with Gasteiger partial charge in [-0.15, -0.1) is 0 Å². The number of imidazole rings is 1. The highest BCUT2D eigenvalue weighted by atomic mass is 16.5. The third kappa shape index (κ3) is 3.76. The second-order valence-corrected chi connectivity index (χ2v) is 6.53. The molecule has 0 saturated carbocycles. The van der Waals surface area contributed by atoms with E-state index >= 15 is 0 Å². The van der Waals surface area contributed by atoms with E-state index in [4.69, 9.17) is 15.5 Å². The SMILES string of the molecule is COCCc1nc2c(N)nc3c(c2n1CCCCNC=O)CCCC3. The van der Waals surface area contributed by atoms with Crippen molar-refractivity contribution < 1.29 is 9.53 Å². The fraction of sp³-hybridized carbons (Fsp3) is 0.611. The second kappa shape index (κ2) is 8.29. The molecule has 0 bridgehead atoms. The summed E-state index contributed by atoms with van der Waals surface area (Å²) in [6.07, 6.45) is 7.82. The topological polar surface area (TPSA) is 95.1 Å². The number of fused-ring (bicyclic) bond motifs is 3. The Kier molecular flexibility index (Phi) is 5.86. The zero-order valence-electron chi connectivity index (χ0n) is 14.9. The summed E-state index contributed by atoms with van der Waals surface area (Å²) in [5.74, 6) is 1.54. The average molecular weight is 345 g/mol. The van der Waals surface area contributed by atoms with Crippen LogP contribution in [0.4, 0.5) is 5.82 Å². The van der Waals surface area contributed by atoms with Crippen molar-refractivity contribution in [3.8, 4) is 0 Å². The number of hydrogen-bond donors (Lipinski definition) is 2. The van der Waals surface area contributed by atoms with Crippen molar-refractivity contribution in [2.75, 3.05) is 26.0 Å². The number of pyridine rings is 1. The molecule has 1 aliphatic carbocycles. The molecule has 0 saturated heterocycles. The number of amides is 1. The molecule has 7 nitrogen and oxygen atoms in total. The summed E-state index contributed by atoms with van der Waals surface area (Å²) in [7, 11) is 1.70. The van der Waals surface area contributed by atoms with Gasteiger partial charge in [-0.3, -0.25) is 4.79 Å². The number of nitrogen functional groups attached to an aromatic ring is 1. The average Bonchev–Trinajstić information content (AvgIpc) is 2.99. The number of aryl methyl sites for hydroxylation is 3. The number of carbonyl (C=O) groups is 1. The summed E-state index contributed by atoms with van der Waals surface area (Å²) in [5.41, 5.74) is 10.7. The zero-order valence-corrected chi connectivity index (χ0v) is 14.9. The normalized spacial score (nSPS) is 13.8. The van der Waals surface area contributed by atoms with Gasteiger partial charge in [0.1, 0.15) is 11.3 Å². The Morgan fingerprint density at radius 2 is 2.12 bits per heavy atom. The highest BCUT2D eigenvalue weighted by Crippen LogP contribution is 2.31. The molecule has 2 aromatic heterocycles. The Morgan fingerprint density at radius 3 is 2.92 bits per heavy atom. The van der Waals surface area contributed by atoms with Crippen molar-refractivity contribution in [1.82, 2.24) is 19.9 Å². The van der Waals surface area contributed by atoms with Crippen LogP contribution in [0, 0.1) is 0 Å². The number of hydrogen-bond acceptors (Lipinski definition) is 5. The smallest absolute Gasteiger partial charge is 0.207 e. The number of anilines is 1. The van der Waals surface area contributed by atoms with E-state index in [1.165, 1.54) is 18.4 Å². The molecule has 0 aromatic carbocycles. The minimum absolute atomic E-state index is 0.538. The van der Waals surface area contributed by atoms with Gasteiger partial charge in [-0.25, -0.2) is 9.97 Å². The Morgan fingerprint density at radius 1 is 1.28 bits per heavy atom. The standard InChI is InChI=1S/C18H27N5O2/c1-25-11-8-15-22-16-17(23(15)10-5-4-9-20-12-24)13-6-2-3-7-14(13)21-18(16)19/h12H,2-11H2,1H3,(H2,19,21)(H,20,24). The molecule has 0 fully saturated rings. The molecule has 0 spiro atoms. The van der Waals surface area contributed by atoms with Crippen LogP contribution in [0.2, 0.25) is 0 Å². The minimum atomic E-state index is 0.538. The molecular weight excluding hydrogens is 318 g/mol. The predicted molar refractivity (Wildman–Crippen MR) is 97.5 cm³/mol. The quantitative estimate of drug-likeness (QED) is 0.532. The Hall–Kier alpha value is -2.15. The van der Waals surface area contributed by atoms with E-state index in [0.717, 1.165) is 67.6 Å². The van der Waals surface area contributed by atoms with E-state index in [-0.39, 0.29) is 0 Å². The first-order chi connectivity index (χ1) is 12.3. The molecule has 0 radical (unpaired) electrons. The van der Waals surface area contributed by atoms with Gasteiger partial charge in [0.25, 0.3) is 0 Å². The predicted octanol–water partition coefficient (Wildman–Crippen LogP) is 1.61. The number of unbranched alkanes of at least 4 members (excludes halogenated alkanes) is 1. The second-order valence-electron chi connectivity index (χ2n) is 6.53. The van der Waals surface area contributed by atoms with E-state index in [2.05, 4.69) is 14.9 Å². The van der Waals surface area contributed by atoms with Crippen molar-refractivity contribution in [3.63, 3.8) is 0 Å². The molecule has 0 aliphatic heterocycles. The van der Waals surface area contributed by atoms with Crippen molar-refractivity contribution in [2.45, 2.75) is 51.5 Å². The number of rotatable bonds is 9. The van der Waals surface area contributed by atoms with Crippen molar-refractivity contribution >= 4 is 23.3 Å². The Labute approximate surface area is 148 Å². The fourth-order valence-corrected chi connectivity index (χ4v) is 3.63. The Balaban J connectivity index is 1.96. The first-order valence-electron chi connectivity index (χ1n) is 9.08.